The van der Waals surface area contributed by atoms with Crippen LogP contribution in [0.3, 0.4) is 0 Å². The molecule has 0 aliphatic carbocycles. The van der Waals surface area contributed by atoms with E-state index in [1.165, 1.54) is 11.3 Å². The zero-order chi connectivity index (χ0) is 23.4. The van der Waals surface area contributed by atoms with Gasteiger partial charge in [-0.3, -0.25) is 4.98 Å². The Morgan fingerprint density at radius 1 is 1.03 bits per heavy atom. The van der Waals surface area contributed by atoms with E-state index in [0.717, 1.165) is 21.6 Å². The van der Waals surface area contributed by atoms with Gasteiger partial charge in [0.15, 0.2) is 11.5 Å². The molecule has 8 nitrogen and oxygen atoms in total. The number of nitrogens with zero attached hydrogens (tertiary/aromatic N) is 2. The average molecular weight is 465 g/mol. The number of nitrogens with one attached hydrogen (secondary N) is 2. The molecule has 0 aliphatic rings. The van der Waals surface area contributed by atoms with Crippen molar-refractivity contribution in [3.05, 3.63) is 64.7 Å². The predicted octanol–water partition coefficient (Wildman–Crippen LogP) is 5.69. The topological polar surface area (TPSA) is 94.6 Å². The standard InChI is InChI=1S/C24H24N4O4S/c1-14-13-33-23(26-14)15(2)27-24(29)28-16-5-7-17(8-6-16)32-20-9-10-25-19-12-22(31-4)21(30-3)11-18(19)20/h5-13,15H,1-4H3,(H2,27,28,29). The van der Waals surface area contributed by atoms with Crippen LogP contribution in [0.25, 0.3) is 10.9 Å². The first kappa shape index (κ1) is 22.3. The van der Waals surface area contributed by atoms with Crippen molar-refractivity contribution in [2.45, 2.75) is 19.9 Å². The number of carbonyl (C=O) groups excluding carboxylic acids is 1. The van der Waals surface area contributed by atoms with Crippen LogP contribution in [0.5, 0.6) is 23.0 Å². The number of hydrogen-bond donors (Lipinski definition) is 2. The van der Waals surface area contributed by atoms with Crippen LogP contribution in [-0.2, 0) is 0 Å². The van der Waals surface area contributed by atoms with Gasteiger partial charge < -0.3 is 24.8 Å². The molecule has 0 saturated heterocycles. The maximum absolute atomic E-state index is 12.3. The summed E-state index contributed by atoms with van der Waals surface area (Å²) in [4.78, 5) is 21.1. The lowest BCUT2D eigenvalue weighted by Gasteiger charge is -2.14. The van der Waals surface area contributed by atoms with E-state index in [4.69, 9.17) is 14.2 Å². The van der Waals surface area contributed by atoms with Gasteiger partial charge >= 0.3 is 6.03 Å². The molecule has 0 fully saturated rings. The van der Waals surface area contributed by atoms with Crippen LogP contribution in [0, 0.1) is 6.92 Å². The molecule has 0 bridgehead atoms. The SMILES string of the molecule is COc1cc2nccc(Oc3ccc(NC(=O)NC(C)c4nc(C)cs4)cc3)c2cc1OC. The Hall–Kier alpha value is -3.85. The number of methoxy groups -OCH3 is 2. The third kappa shape index (κ3) is 5.15. The lowest BCUT2D eigenvalue weighted by atomic mass is 10.2. The Balaban J connectivity index is 1.44. The number of carbonyl (C=O) groups is 1. The molecule has 2 heterocycles. The second-order valence-electron chi connectivity index (χ2n) is 7.31. The summed E-state index contributed by atoms with van der Waals surface area (Å²) in [5, 5.41) is 9.34. The second-order valence-corrected chi connectivity index (χ2v) is 8.20. The maximum atomic E-state index is 12.3. The molecule has 4 rings (SSSR count). The minimum absolute atomic E-state index is 0.179. The molecule has 4 aromatic rings. The van der Waals surface area contributed by atoms with Gasteiger partial charge in [-0.15, -0.1) is 11.3 Å². The number of benzene rings is 2. The molecule has 33 heavy (non-hydrogen) atoms. The zero-order valence-corrected chi connectivity index (χ0v) is 19.5. The van der Waals surface area contributed by atoms with E-state index < -0.39 is 0 Å². The van der Waals surface area contributed by atoms with Crippen molar-refractivity contribution in [2.24, 2.45) is 0 Å². The van der Waals surface area contributed by atoms with Crippen LogP contribution < -0.4 is 24.8 Å². The van der Waals surface area contributed by atoms with E-state index in [1.807, 2.05) is 25.3 Å². The first-order chi connectivity index (χ1) is 16.0. The van der Waals surface area contributed by atoms with Crippen LogP contribution in [-0.4, -0.2) is 30.2 Å². The molecule has 170 valence electrons. The van der Waals surface area contributed by atoms with E-state index >= 15 is 0 Å². The normalized spacial score (nSPS) is 11.6. The van der Waals surface area contributed by atoms with Gasteiger partial charge in [-0.05, 0) is 50.2 Å². The molecule has 9 heteroatoms. The number of fused-ring (bicyclic) bond motifs is 1. The Labute approximate surface area is 195 Å². The molecule has 2 amide bonds. The fourth-order valence-corrected chi connectivity index (χ4v) is 4.07. The molecule has 0 spiro atoms. The fraction of sp³-hybridized carbons (Fsp3) is 0.208. The zero-order valence-electron chi connectivity index (χ0n) is 18.7. The van der Waals surface area contributed by atoms with Crippen LogP contribution >= 0.6 is 11.3 Å². The molecule has 0 aliphatic heterocycles. The van der Waals surface area contributed by atoms with Gasteiger partial charge in [0.05, 0.1) is 25.8 Å². The smallest absolute Gasteiger partial charge is 0.319 e. The summed E-state index contributed by atoms with van der Waals surface area (Å²) in [6.45, 7) is 3.83. The minimum atomic E-state index is -0.301. The monoisotopic (exact) mass is 464 g/mol. The van der Waals surface area contributed by atoms with Crippen LogP contribution in [0.4, 0.5) is 10.5 Å². The van der Waals surface area contributed by atoms with Gasteiger partial charge in [-0.2, -0.15) is 0 Å². The van der Waals surface area contributed by atoms with E-state index in [9.17, 15) is 4.79 Å². The number of amides is 2. The minimum Gasteiger partial charge on any atom is -0.493 e. The van der Waals surface area contributed by atoms with Gasteiger partial charge in [-0.25, -0.2) is 9.78 Å². The molecule has 1 unspecified atom stereocenters. The van der Waals surface area contributed by atoms with E-state index in [2.05, 4.69) is 20.6 Å². The molecule has 0 saturated carbocycles. The fourth-order valence-electron chi connectivity index (χ4n) is 3.27. The number of aryl methyl sites for hydroxylation is 1. The van der Waals surface area contributed by atoms with Gasteiger partial charge in [-0.1, -0.05) is 0 Å². The van der Waals surface area contributed by atoms with E-state index in [0.29, 0.717) is 28.7 Å². The Morgan fingerprint density at radius 3 is 2.42 bits per heavy atom. The lowest BCUT2D eigenvalue weighted by Crippen LogP contribution is -2.31. The number of urea groups is 1. The molecular formula is C24H24N4O4S. The third-order valence-electron chi connectivity index (χ3n) is 4.90. The van der Waals surface area contributed by atoms with Crippen LogP contribution in [0.2, 0.25) is 0 Å². The molecule has 2 aromatic heterocycles. The number of pyridine rings is 1. The van der Waals surface area contributed by atoms with Gasteiger partial charge in [0.2, 0.25) is 0 Å². The van der Waals surface area contributed by atoms with Crippen molar-refractivity contribution in [3.63, 3.8) is 0 Å². The number of rotatable bonds is 7. The number of thiazole rings is 1. The van der Waals surface area contributed by atoms with Crippen molar-refractivity contribution < 1.29 is 19.0 Å². The summed E-state index contributed by atoms with van der Waals surface area (Å²) >= 11 is 1.52. The van der Waals surface area contributed by atoms with Gasteiger partial charge in [0.1, 0.15) is 16.5 Å². The molecule has 1 atom stereocenters. The summed E-state index contributed by atoms with van der Waals surface area (Å²) in [6, 6.07) is 12.1. The highest BCUT2D eigenvalue weighted by atomic mass is 32.1. The summed E-state index contributed by atoms with van der Waals surface area (Å²) in [5.41, 5.74) is 2.32. The number of ether oxygens (including phenoxy) is 3. The predicted molar refractivity (Wildman–Crippen MR) is 129 cm³/mol. The van der Waals surface area contributed by atoms with Crippen molar-refractivity contribution in [3.8, 4) is 23.0 Å². The van der Waals surface area contributed by atoms with Gasteiger partial charge in [0, 0.05) is 34.4 Å². The Morgan fingerprint density at radius 2 is 1.76 bits per heavy atom. The quantitative estimate of drug-likeness (QED) is 0.365. The number of anilines is 1. The maximum Gasteiger partial charge on any atom is 0.319 e. The first-order valence-electron chi connectivity index (χ1n) is 10.2. The Kier molecular flexibility index (Phi) is 6.60. The highest BCUT2D eigenvalue weighted by Gasteiger charge is 2.14. The average Bonchev–Trinajstić information content (AvgIpc) is 3.26. The van der Waals surface area contributed by atoms with Crippen molar-refractivity contribution in [1.29, 1.82) is 0 Å². The largest absolute Gasteiger partial charge is 0.493 e. The molecule has 2 aromatic carbocycles. The Bertz CT molecular complexity index is 1270. The summed E-state index contributed by atoms with van der Waals surface area (Å²) in [5.74, 6) is 2.44. The lowest BCUT2D eigenvalue weighted by molar-refractivity contribution is 0.249. The molecule has 2 N–H and O–H groups in total. The van der Waals surface area contributed by atoms with E-state index in [-0.39, 0.29) is 12.1 Å². The molecular weight excluding hydrogens is 440 g/mol. The van der Waals surface area contributed by atoms with Crippen molar-refractivity contribution in [1.82, 2.24) is 15.3 Å². The second kappa shape index (κ2) is 9.74. The van der Waals surface area contributed by atoms with Crippen molar-refractivity contribution in [2.75, 3.05) is 19.5 Å². The molecule has 0 radical (unpaired) electrons. The number of aromatic nitrogens is 2. The highest BCUT2D eigenvalue weighted by molar-refractivity contribution is 7.09. The summed E-state index contributed by atoms with van der Waals surface area (Å²) in [6.07, 6.45) is 1.68. The summed E-state index contributed by atoms with van der Waals surface area (Å²) < 4.78 is 16.8. The summed E-state index contributed by atoms with van der Waals surface area (Å²) in [7, 11) is 3.17. The third-order valence-corrected chi connectivity index (χ3v) is 6.05. The van der Waals surface area contributed by atoms with Gasteiger partial charge in [0.25, 0.3) is 0 Å². The van der Waals surface area contributed by atoms with E-state index in [1.54, 1.807) is 56.8 Å². The van der Waals surface area contributed by atoms with Crippen LogP contribution in [0.15, 0.2) is 54.0 Å². The first-order valence-corrected chi connectivity index (χ1v) is 11.1. The van der Waals surface area contributed by atoms with Crippen molar-refractivity contribution >= 4 is 34.0 Å². The van der Waals surface area contributed by atoms with Crippen LogP contribution in [0.1, 0.15) is 23.7 Å². The number of hydrogen-bond acceptors (Lipinski definition) is 7. The highest BCUT2D eigenvalue weighted by Crippen LogP contribution is 2.37.